The third-order valence-electron chi connectivity index (χ3n) is 3.14. The van der Waals surface area contributed by atoms with Crippen molar-refractivity contribution in [2.24, 2.45) is 0 Å². The SMILES string of the molecule is COC(=O)C1[C@@H](O)CCN1Cc1ccccc1. The molecule has 92 valence electrons. The van der Waals surface area contributed by atoms with Crippen molar-refractivity contribution in [3.63, 3.8) is 0 Å². The molecule has 4 nitrogen and oxygen atoms in total. The molecule has 1 aliphatic rings. The predicted molar refractivity (Wildman–Crippen MR) is 63.3 cm³/mol. The lowest BCUT2D eigenvalue weighted by Gasteiger charge is -2.23. The van der Waals surface area contributed by atoms with Gasteiger partial charge < -0.3 is 9.84 Å². The van der Waals surface area contributed by atoms with Gasteiger partial charge in [0.15, 0.2) is 0 Å². The summed E-state index contributed by atoms with van der Waals surface area (Å²) in [6.45, 7) is 1.38. The van der Waals surface area contributed by atoms with Crippen molar-refractivity contribution in [1.82, 2.24) is 4.90 Å². The number of aliphatic hydroxyl groups is 1. The largest absolute Gasteiger partial charge is 0.468 e. The van der Waals surface area contributed by atoms with E-state index in [1.807, 2.05) is 35.2 Å². The van der Waals surface area contributed by atoms with Crippen LogP contribution in [0.2, 0.25) is 0 Å². The molecule has 0 radical (unpaired) electrons. The number of benzene rings is 1. The predicted octanol–water partition coefficient (Wildman–Crippen LogP) is 0.795. The lowest BCUT2D eigenvalue weighted by Crippen LogP contribution is -2.42. The maximum Gasteiger partial charge on any atom is 0.325 e. The van der Waals surface area contributed by atoms with Gasteiger partial charge in [-0.3, -0.25) is 9.69 Å². The van der Waals surface area contributed by atoms with Crippen molar-refractivity contribution in [2.75, 3.05) is 13.7 Å². The van der Waals surface area contributed by atoms with E-state index in [1.54, 1.807) is 0 Å². The van der Waals surface area contributed by atoms with Crippen LogP contribution in [0.1, 0.15) is 12.0 Å². The van der Waals surface area contributed by atoms with Crippen LogP contribution in [0.5, 0.6) is 0 Å². The Kier molecular flexibility index (Phi) is 3.76. The van der Waals surface area contributed by atoms with Crippen molar-refractivity contribution < 1.29 is 14.6 Å². The summed E-state index contributed by atoms with van der Waals surface area (Å²) in [4.78, 5) is 13.6. The minimum Gasteiger partial charge on any atom is -0.468 e. The summed E-state index contributed by atoms with van der Waals surface area (Å²) in [6.07, 6.45) is -0.00164. The first-order chi connectivity index (χ1) is 8.22. The first kappa shape index (κ1) is 12.1. The third-order valence-corrected chi connectivity index (χ3v) is 3.14. The number of likely N-dealkylation sites (tertiary alicyclic amines) is 1. The van der Waals surface area contributed by atoms with Gasteiger partial charge in [0, 0.05) is 13.1 Å². The van der Waals surface area contributed by atoms with Crippen molar-refractivity contribution >= 4 is 5.97 Å². The second kappa shape index (κ2) is 5.29. The minimum absolute atomic E-state index is 0.356. The normalized spacial score (nSPS) is 24.8. The summed E-state index contributed by atoms with van der Waals surface area (Å²) in [6, 6.07) is 9.39. The molecule has 0 aliphatic carbocycles. The first-order valence-corrected chi connectivity index (χ1v) is 5.76. The third kappa shape index (κ3) is 2.65. The number of aliphatic hydroxyl groups excluding tert-OH is 1. The number of hydrogen-bond donors (Lipinski definition) is 1. The number of rotatable bonds is 3. The molecule has 1 aromatic rings. The number of nitrogens with zero attached hydrogens (tertiary/aromatic N) is 1. The molecule has 0 aromatic heterocycles. The number of ether oxygens (including phenoxy) is 1. The molecule has 0 saturated carbocycles. The fraction of sp³-hybridized carbons (Fsp3) is 0.462. The Hall–Kier alpha value is -1.39. The number of carbonyl (C=O) groups is 1. The van der Waals surface area contributed by atoms with Crippen LogP contribution in [0.4, 0.5) is 0 Å². The van der Waals surface area contributed by atoms with Gasteiger partial charge in [0.2, 0.25) is 0 Å². The Balaban J connectivity index is 2.07. The molecule has 1 aliphatic heterocycles. The molecule has 1 aromatic carbocycles. The highest BCUT2D eigenvalue weighted by Gasteiger charge is 2.38. The molecule has 17 heavy (non-hydrogen) atoms. The van der Waals surface area contributed by atoms with Gasteiger partial charge >= 0.3 is 5.97 Å². The van der Waals surface area contributed by atoms with Crippen LogP contribution in [-0.4, -0.2) is 41.8 Å². The first-order valence-electron chi connectivity index (χ1n) is 5.76. The highest BCUT2D eigenvalue weighted by Crippen LogP contribution is 2.21. The quantitative estimate of drug-likeness (QED) is 0.787. The molecule has 1 fully saturated rings. The summed E-state index contributed by atoms with van der Waals surface area (Å²) in [5.74, 6) is -0.356. The molecule has 0 bridgehead atoms. The van der Waals surface area contributed by atoms with Crippen molar-refractivity contribution in [2.45, 2.75) is 25.1 Å². The van der Waals surface area contributed by atoms with Gasteiger partial charge in [-0.2, -0.15) is 0 Å². The lowest BCUT2D eigenvalue weighted by molar-refractivity contribution is -0.148. The highest BCUT2D eigenvalue weighted by molar-refractivity contribution is 5.76. The maximum absolute atomic E-state index is 11.6. The molecule has 1 unspecified atom stereocenters. The Morgan fingerprint density at radius 2 is 2.18 bits per heavy atom. The monoisotopic (exact) mass is 235 g/mol. The summed E-state index contributed by atoms with van der Waals surface area (Å²) in [7, 11) is 1.36. The molecule has 0 amide bonds. The standard InChI is InChI=1S/C13H17NO3/c1-17-13(16)12-11(15)7-8-14(12)9-10-5-3-2-4-6-10/h2-6,11-12,15H,7-9H2,1H3/t11-,12?/m0/s1. The van der Waals surface area contributed by atoms with E-state index in [0.717, 1.165) is 12.1 Å². The van der Waals surface area contributed by atoms with E-state index in [0.29, 0.717) is 13.0 Å². The second-order valence-electron chi connectivity index (χ2n) is 4.28. The van der Waals surface area contributed by atoms with Crippen LogP contribution in [0.25, 0.3) is 0 Å². The molecule has 2 atom stereocenters. The van der Waals surface area contributed by atoms with E-state index in [4.69, 9.17) is 4.74 Å². The fourth-order valence-electron chi connectivity index (χ4n) is 2.26. The minimum atomic E-state index is -0.619. The average molecular weight is 235 g/mol. The van der Waals surface area contributed by atoms with Gasteiger partial charge in [-0.1, -0.05) is 30.3 Å². The molecule has 1 saturated heterocycles. The van der Waals surface area contributed by atoms with Gasteiger partial charge in [0.25, 0.3) is 0 Å². The van der Waals surface area contributed by atoms with Gasteiger partial charge in [-0.25, -0.2) is 0 Å². The zero-order valence-corrected chi connectivity index (χ0v) is 9.87. The summed E-state index contributed by atoms with van der Waals surface area (Å²) < 4.78 is 4.73. The van der Waals surface area contributed by atoms with E-state index in [1.165, 1.54) is 7.11 Å². The summed E-state index contributed by atoms with van der Waals surface area (Å²) >= 11 is 0. The van der Waals surface area contributed by atoms with Crippen LogP contribution >= 0.6 is 0 Å². The number of esters is 1. The van der Waals surface area contributed by atoms with Gasteiger partial charge in [-0.15, -0.1) is 0 Å². The Morgan fingerprint density at radius 1 is 1.47 bits per heavy atom. The molecule has 1 heterocycles. The molecular formula is C13H17NO3. The molecule has 4 heteroatoms. The maximum atomic E-state index is 11.6. The van der Waals surface area contributed by atoms with E-state index < -0.39 is 12.1 Å². The van der Waals surface area contributed by atoms with Crippen molar-refractivity contribution in [1.29, 1.82) is 0 Å². The van der Waals surface area contributed by atoms with Crippen molar-refractivity contribution in [3.8, 4) is 0 Å². The van der Waals surface area contributed by atoms with Crippen LogP contribution in [0.15, 0.2) is 30.3 Å². The molecule has 1 N–H and O–H groups in total. The average Bonchev–Trinajstić information content (AvgIpc) is 2.71. The second-order valence-corrected chi connectivity index (χ2v) is 4.28. The lowest BCUT2D eigenvalue weighted by atomic mass is 10.1. The highest BCUT2D eigenvalue weighted by atomic mass is 16.5. The summed E-state index contributed by atoms with van der Waals surface area (Å²) in [5.41, 5.74) is 1.13. The molecule has 0 spiro atoms. The topological polar surface area (TPSA) is 49.8 Å². The van der Waals surface area contributed by atoms with Crippen LogP contribution < -0.4 is 0 Å². The Bertz CT molecular complexity index is 380. The van der Waals surface area contributed by atoms with E-state index in [2.05, 4.69) is 0 Å². The fourth-order valence-corrected chi connectivity index (χ4v) is 2.26. The van der Waals surface area contributed by atoms with Gasteiger partial charge in [0.05, 0.1) is 13.2 Å². The zero-order chi connectivity index (χ0) is 12.3. The van der Waals surface area contributed by atoms with Gasteiger partial charge in [0.1, 0.15) is 6.04 Å². The number of hydrogen-bond acceptors (Lipinski definition) is 4. The summed E-state index contributed by atoms with van der Waals surface area (Å²) in [5, 5.41) is 9.80. The zero-order valence-electron chi connectivity index (χ0n) is 9.87. The van der Waals surface area contributed by atoms with Gasteiger partial charge in [-0.05, 0) is 12.0 Å². The van der Waals surface area contributed by atoms with E-state index in [9.17, 15) is 9.90 Å². The van der Waals surface area contributed by atoms with E-state index in [-0.39, 0.29) is 5.97 Å². The smallest absolute Gasteiger partial charge is 0.325 e. The number of carbonyl (C=O) groups excluding carboxylic acids is 1. The molecular weight excluding hydrogens is 218 g/mol. The number of methoxy groups -OCH3 is 1. The van der Waals surface area contributed by atoms with Crippen LogP contribution in [0.3, 0.4) is 0 Å². The Morgan fingerprint density at radius 3 is 2.82 bits per heavy atom. The van der Waals surface area contributed by atoms with E-state index >= 15 is 0 Å². The molecule has 2 rings (SSSR count). The van der Waals surface area contributed by atoms with Crippen molar-refractivity contribution in [3.05, 3.63) is 35.9 Å². The van der Waals surface area contributed by atoms with Crippen LogP contribution in [-0.2, 0) is 16.1 Å². The Labute approximate surface area is 101 Å². The van der Waals surface area contributed by atoms with Crippen LogP contribution in [0, 0.1) is 0 Å².